The minimum absolute atomic E-state index is 0.0255. The molecular weight excluding hydrogens is 340 g/mol. The van der Waals surface area contributed by atoms with Crippen molar-refractivity contribution >= 4 is 33.3 Å². The number of Topliss-reactive ketones (excluding diaryl/α,β-unsaturated/α-hetero) is 1. The van der Waals surface area contributed by atoms with Gasteiger partial charge in [0.25, 0.3) is 0 Å². The van der Waals surface area contributed by atoms with Crippen LogP contribution in [0.5, 0.6) is 5.75 Å². The topological polar surface area (TPSA) is 26.3 Å². The number of benzene rings is 2. The first-order chi connectivity index (χ1) is 9.47. The number of carbonyl (C=O) groups excluding carboxylic acids is 1. The van der Waals surface area contributed by atoms with E-state index in [9.17, 15) is 4.79 Å². The smallest absolute Gasteiger partial charge is 0.163 e. The average molecular weight is 354 g/mol. The normalized spacial score (nSPS) is 10.4. The zero-order valence-electron chi connectivity index (χ0n) is 11.2. The lowest BCUT2D eigenvalue weighted by molar-refractivity contribution is 0.101. The molecule has 0 N–H and O–H groups in total. The molecule has 0 saturated carbocycles. The van der Waals surface area contributed by atoms with Crippen LogP contribution in [0.4, 0.5) is 0 Å². The van der Waals surface area contributed by atoms with Gasteiger partial charge in [-0.05, 0) is 43.7 Å². The van der Waals surface area contributed by atoms with E-state index < -0.39 is 0 Å². The minimum Gasteiger partial charge on any atom is -0.488 e. The van der Waals surface area contributed by atoms with Crippen LogP contribution in [0.25, 0.3) is 0 Å². The van der Waals surface area contributed by atoms with Crippen LogP contribution in [0, 0.1) is 6.92 Å². The zero-order chi connectivity index (χ0) is 14.7. The van der Waals surface area contributed by atoms with E-state index in [1.807, 2.05) is 31.2 Å². The summed E-state index contributed by atoms with van der Waals surface area (Å²) >= 11 is 9.55. The van der Waals surface area contributed by atoms with Crippen molar-refractivity contribution in [1.29, 1.82) is 0 Å². The lowest BCUT2D eigenvalue weighted by Gasteiger charge is -2.11. The van der Waals surface area contributed by atoms with Gasteiger partial charge < -0.3 is 4.74 Å². The maximum absolute atomic E-state index is 11.6. The van der Waals surface area contributed by atoms with Crippen LogP contribution in [0.1, 0.15) is 28.4 Å². The van der Waals surface area contributed by atoms with Crippen LogP contribution in [0.3, 0.4) is 0 Å². The van der Waals surface area contributed by atoms with Crippen molar-refractivity contribution in [1.82, 2.24) is 0 Å². The first-order valence-electron chi connectivity index (χ1n) is 6.15. The molecule has 0 spiro atoms. The van der Waals surface area contributed by atoms with E-state index in [2.05, 4.69) is 15.9 Å². The van der Waals surface area contributed by atoms with Gasteiger partial charge in [0.05, 0.1) is 5.56 Å². The SMILES string of the molecule is CC(=O)c1ccc(Br)cc1OCc1ccc(C)cc1Cl. The molecule has 0 saturated heterocycles. The van der Waals surface area contributed by atoms with Crippen molar-refractivity contribution in [3.05, 3.63) is 62.6 Å². The summed E-state index contributed by atoms with van der Waals surface area (Å²) in [5, 5.41) is 0.671. The van der Waals surface area contributed by atoms with Gasteiger partial charge in [0.1, 0.15) is 12.4 Å². The number of hydrogen-bond acceptors (Lipinski definition) is 2. The van der Waals surface area contributed by atoms with Crippen LogP contribution >= 0.6 is 27.5 Å². The molecule has 0 unspecified atom stereocenters. The van der Waals surface area contributed by atoms with Gasteiger partial charge >= 0.3 is 0 Å². The number of ketones is 1. The summed E-state index contributed by atoms with van der Waals surface area (Å²) in [6.45, 7) is 3.84. The van der Waals surface area contributed by atoms with Crippen molar-refractivity contribution in [3.8, 4) is 5.75 Å². The summed E-state index contributed by atoms with van der Waals surface area (Å²) in [7, 11) is 0. The molecular formula is C16H14BrClO2. The second-order valence-electron chi connectivity index (χ2n) is 4.58. The first kappa shape index (κ1) is 15.1. The molecule has 0 aliphatic heterocycles. The Balaban J connectivity index is 2.22. The summed E-state index contributed by atoms with van der Waals surface area (Å²) < 4.78 is 6.62. The Morgan fingerprint density at radius 1 is 1.25 bits per heavy atom. The van der Waals surface area contributed by atoms with Gasteiger partial charge in [-0.15, -0.1) is 0 Å². The molecule has 2 nitrogen and oxygen atoms in total. The molecule has 0 aromatic heterocycles. The highest BCUT2D eigenvalue weighted by molar-refractivity contribution is 9.10. The average Bonchev–Trinajstić information content (AvgIpc) is 2.37. The summed E-state index contributed by atoms with van der Waals surface area (Å²) in [5.41, 5.74) is 2.56. The molecule has 2 aromatic carbocycles. The van der Waals surface area contributed by atoms with Gasteiger partial charge in [0.2, 0.25) is 0 Å². The van der Waals surface area contributed by atoms with E-state index in [4.69, 9.17) is 16.3 Å². The lowest BCUT2D eigenvalue weighted by Crippen LogP contribution is -2.02. The van der Waals surface area contributed by atoms with Crippen LogP contribution in [0.2, 0.25) is 5.02 Å². The molecule has 0 aliphatic carbocycles. The second kappa shape index (κ2) is 6.42. The van der Waals surface area contributed by atoms with Gasteiger partial charge in [0, 0.05) is 15.1 Å². The maximum atomic E-state index is 11.6. The number of aryl methyl sites for hydroxylation is 1. The van der Waals surface area contributed by atoms with Gasteiger partial charge in [0.15, 0.2) is 5.78 Å². The summed E-state index contributed by atoms with van der Waals surface area (Å²) in [6.07, 6.45) is 0. The maximum Gasteiger partial charge on any atom is 0.163 e. The van der Waals surface area contributed by atoms with Crippen molar-refractivity contribution < 1.29 is 9.53 Å². The van der Waals surface area contributed by atoms with E-state index >= 15 is 0 Å². The molecule has 2 aromatic rings. The Morgan fingerprint density at radius 2 is 2.00 bits per heavy atom. The predicted octanol–water partition coefficient (Wildman–Crippen LogP) is 5.19. The summed E-state index contributed by atoms with van der Waals surface area (Å²) in [5.74, 6) is 0.533. The van der Waals surface area contributed by atoms with E-state index in [0.29, 0.717) is 22.9 Å². The second-order valence-corrected chi connectivity index (χ2v) is 5.90. The van der Waals surface area contributed by atoms with Crippen LogP contribution in [-0.4, -0.2) is 5.78 Å². The molecule has 0 heterocycles. The highest BCUT2D eigenvalue weighted by atomic mass is 79.9. The molecule has 2 rings (SSSR count). The molecule has 0 radical (unpaired) electrons. The Kier molecular flexibility index (Phi) is 4.84. The van der Waals surface area contributed by atoms with E-state index in [1.165, 1.54) is 6.92 Å². The van der Waals surface area contributed by atoms with Crippen molar-refractivity contribution in [2.24, 2.45) is 0 Å². The van der Waals surface area contributed by atoms with Crippen molar-refractivity contribution in [3.63, 3.8) is 0 Å². The third-order valence-electron chi connectivity index (χ3n) is 2.91. The number of halogens is 2. The fourth-order valence-electron chi connectivity index (χ4n) is 1.83. The minimum atomic E-state index is -0.0255. The highest BCUT2D eigenvalue weighted by Crippen LogP contribution is 2.26. The van der Waals surface area contributed by atoms with Crippen LogP contribution in [-0.2, 0) is 6.61 Å². The van der Waals surface area contributed by atoms with Gasteiger partial charge in [-0.25, -0.2) is 0 Å². The monoisotopic (exact) mass is 352 g/mol. The third kappa shape index (κ3) is 3.62. The van der Waals surface area contributed by atoms with E-state index in [-0.39, 0.29) is 5.78 Å². The molecule has 0 fully saturated rings. The number of hydrogen-bond donors (Lipinski definition) is 0. The number of carbonyl (C=O) groups is 1. The Bertz CT molecular complexity index is 653. The van der Waals surface area contributed by atoms with Crippen molar-refractivity contribution in [2.75, 3.05) is 0 Å². The lowest BCUT2D eigenvalue weighted by atomic mass is 10.1. The zero-order valence-corrected chi connectivity index (χ0v) is 13.6. The summed E-state index contributed by atoms with van der Waals surface area (Å²) in [6, 6.07) is 11.2. The fraction of sp³-hybridized carbons (Fsp3) is 0.188. The Morgan fingerprint density at radius 3 is 2.65 bits per heavy atom. The van der Waals surface area contributed by atoms with Crippen LogP contribution in [0.15, 0.2) is 40.9 Å². The largest absolute Gasteiger partial charge is 0.488 e. The Labute approximate surface area is 131 Å². The predicted molar refractivity (Wildman–Crippen MR) is 84.7 cm³/mol. The van der Waals surface area contributed by atoms with Gasteiger partial charge in [-0.2, -0.15) is 0 Å². The highest BCUT2D eigenvalue weighted by Gasteiger charge is 2.10. The third-order valence-corrected chi connectivity index (χ3v) is 3.76. The molecule has 0 bridgehead atoms. The standard InChI is InChI=1S/C16H14BrClO2/c1-10-3-4-12(15(18)7-10)9-20-16-8-13(17)5-6-14(16)11(2)19/h3-8H,9H2,1-2H3. The number of ether oxygens (including phenoxy) is 1. The molecule has 0 amide bonds. The molecule has 4 heteroatoms. The Hall–Kier alpha value is -1.32. The fourth-order valence-corrected chi connectivity index (χ4v) is 2.46. The molecule has 0 aliphatic rings. The van der Waals surface area contributed by atoms with Gasteiger partial charge in [-0.3, -0.25) is 4.79 Å². The molecule has 20 heavy (non-hydrogen) atoms. The van der Waals surface area contributed by atoms with E-state index in [1.54, 1.807) is 12.1 Å². The number of rotatable bonds is 4. The van der Waals surface area contributed by atoms with Crippen molar-refractivity contribution in [2.45, 2.75) is 20.5 Å². The summed E-state index contributed by atoms with van der Waals surface area (Å²) in [4.78, 5) is 11.6. The molecule has 104 valence electrons. The van der Waals surface area contributed by atoms with Crippen LogP contribution < -0.4 is 4.74 Å². The molecule has 0 atom stereocenters. The first-order valence-corrected chi connectivity index (χ1v) is 7.33. The van der Waals surface area contributed by atoms with E-state index in [0.717, 1.165) is 15.6 Å². The van der Waals surface area contributed by atoms with Gasteiger partial charge in [-0.1, -0.05) is 39.7 Å². The quantitative estimate of drug-likeness (QED) is 0.707.